The van der Waals surface area contributed by atoms with Crippen molar-refractivity contribution in [3.05, 3.63) is 65.4 Å². The number of nitrogens with one attached hydrogen (secondary N) is 2. The minimum Gasteiger partial charge on any atom is -0.495 e. The van der Waals surface area contributed by atoms with Crippen LogP contribution < -0.4 is 24.8 Å². The van der Waals surface area contributed by atoms with Gasteiger partial charge in [-0.2, -0.15) is 0 Å². The fourth-order valence-electron chi connectivity index (χ4n) is 2.71. The van der Waals surface area contributed by atoms with Crippen LogP contribution in [0.5, 0.6) is 17.2 Å². The highest BCUT2D eigenvalue weighted by Crippen LogP contribution is 2.34. The summed E-state index contributed by atoms with van der Waals surface area (Å²) in [5, 5.41) is 6.48. The molecule has 4 rings (SSSR count). The number of carbonyl (C=O) groups excluding carboxylic acids is 1. The fraction of sp³-hybridized carbons (Fsp3) is 0.100. The Morgan fingerprint density at radius 1 is 1.04 bits per heavy atom. The summed E-state index contributed by atoms with van der Waals surface area (Å²) in [6.07, 6.45) is 1.56. The molecule has 0 saturated heterocycles. The van der Waals surface area contributed by atoms with Crippen LogP contribution in [0.1, 0.15) is 10.5 Å². The molecule has 3 aromatic rings. The minimum atomic E-state index is -0.338. The van der Waals surface area contributed by atoms with E-state index in [1.807, 2.05) is 6.07 Å². The van der Waals surface area contributed by atoms with Gasteiger partial charge in [0, 0.05) is 29.3 Å². The fourth-order valence-corrected chi connectivity index (χ4v) is 2.97. The molecule has 2 heterocycles. The zero-order valence-corrected chi connectivity index (χ0v) is 15.6. The van der Waals surface area contributed by atoms with E-state index in [0.29, 0.717) is 33.6 Å². The zero-order chi connectivity index (χ0) is 19.5. The van der Waals surface area contributed by atoms with Crippen molar-refractivity contribution >= 4 is 34.6 Å². The monoisotopic (exact) mass is 397 g/mol. The number of fused-ring (bicyclic) bond motifs is 1. The number of methoxy groups -OCH3 is 1. The molecule has 0 saturated carbocycles. The van der Waals surface area contributed by atoms with Gasteiger partial charge < -0.3 is 24.8 Å². The van der Waals surface area contributed by atoms with Gasteiger partial charge in [0.05, 0.1) is 12.1 Å². The lowest BCUT2D eigenvalue weighted by Crippen LogP contribution is -2.13. The van der Waals surface area contributed by atoms with Crippen molar-refractivity contribution in [2.24, 2.45) is 0 Å². The lowest BCUT2D eigenvalue weighted by atomic mass is 10.2. The number of anilines is 3. The number of nitrogens with zero attached hydrogens (tertiary/aromatic N) is 1. The summed E-state index contributed by atoms with van der Waals surface area (Å²) < 4.78 is 15.7. The van der Waals surface area contributed by atoms with Gasteiger partial charge in [-0.05, 0) is 42.5 Å². The lowest BCUT2D eigenvalue weighted by molar-refractivity contribution is 0.102. The largest absolute Gasteiger partial charge is 0.495 e. The Morgan fingerprint density at radius 3 is 2.64 bits per heavy atom. The van der Waals surface area contributed by atoms with E-state index in [4.69, 9.17) is 25.8 Å². The second-order valence-electron chi connectivity index (χ2n) is 5.93. The van der Waals surface area contributed by atoms with Crippen molar-refractivity contribution in [2.45, 2.75) is 0 Å². The zero-order valence-electron chi connectivity index (χ0n) is 14.9. The maximum atomic E-state index is 12.5. The molecule has 142 valence electrons. The van der Waals surface area contributed by atoms with Gasteiger partial charge in [0.25, 0.3) is 5.91 Å². The first-order valence-electron chi connectivity index (χ1n) is 8.40. The van der Waals surface area contributed by atoms with E-state index >= 15 is 0 Å². The van der Waals surface area contributed by atoms with Gasteiger partial charge in [0.2, 0.25) is 6.79 Å². The van der Waals surface area contributed by atoms with Crippen LogP contribution >= 0.6 is 11.6 Å². The number of carbonyl (C=O) groups is 1. The SMILES string of the molecule is COc1ccc(Nc2ccnc(C(=O)Nc3ccc4c(c3)OCO4)c2)cc1Cl. The second kappa shape index (κ2) is 7.66. The van der Waals surface area contributed by atoms with Gasteiger partial charge in [-0.25, -0.2) is 0 Å². The van der Waals surface area contributed by atoms with Gasteiger partial charge in [0.15, 0.2) is 11.5 Å². The van der Waals surface area contributed by atoms with Crippen LogP contribution in [0.25, 0.3) is 0 Å². The van der Waals surface area contributed by atoms with Crippen LogP contribution in [-0.2, 0) is 0 Å². The summed E-state index contributed by atoms with van der Waals surface area (Å²) in [5.41, 5.74) is 2.32. The van der Waals surface area contributed by atoms with Crippen LogP contribution in [0.4, 0.5) is 17.1 Å². The maximum absolute atomic E-state index is 12.5. The van der Waals surface area contributed by atoms with Gasteiger partial charge in [-0.1, -0.05) is 11.6 Å². The van der Waals surface area contributed by atoms with Crippen molar-refractivity contribution in [2.75, 3.05) is 24.5 Å². The quantitative estimate of drug-likeness (QED) is 0.661. The highest BCUT2D eigenvalue weighted by Gasteiger charge is 2.15. The third-order valence-electron chi connectivity index (χ3n) is 4.06. The number of halogens is 1. The van der Waals surface area contributed by atoms with Gasteiger partial charge in [-0.3, -0.25) is 9.78 Å². The number of hydrogen-bond acceptors (Lipinski definition) is 6. The molecule has 0 unspecified atom stereocenters. The molecule has 0 bridgehead atoms. The first-order valence-corrected chi connectivity index (χ1v) is 8.78. The van der Waals surface area contributed by atoms with Gasteiger partial charge in [0.1, 0.15) is 11.4 Å². The molecule has 8 heteroatoms. The third-order valence-corrected chi connectivity index (χ3v) is 4.36. The summed E-state index contributed by atoms with van der Waals surface area (Å²) in [4.78, 5) is 16.7. The molecule has 1 aliphatic rings. The first kappa shape index (κ1) is 17.9. The van der Waals surface area contributed by atoms with Crippen molar-refractivity contribution in [3.8, 4) is 17.2 Å². The third kappa shape index (κ3) is 3.79. The van der Waals surface area contributed by atoms with E-state index in [-0.39, 0.29) is 18.4 Å². The molecule has 0 atom stereocenters. The first-order chi connectivity index (χ1) is 13.6. The Labute approximate surface area is 166 Å². The average molecular weight is 398 g/mol. The molecule has 0 spiro atoms. The van der Waals surface area contributed by atoms with Crippen LogP contribution in [0.2, 0.25) is 5.02 Å². The number of aromatic nitrogens is 1. The van der Waals surface area contributed by atoms with Crippen LogP contribution in [0.15, 0.2) is 54.7 Å². The maximum Gasteiger partial charge on any atom is 0.274 e. The number of rotatable bonds is 5. The molecule has 1 aliphatic heterocycles. The summed E-state index contributed by atoms with van der Waals surface area (Å²) in [5.74, 6) is 1.50. The van der Waals surface area contributed by atoms with Crippen LogP contribution in [-0.4, -0.2) is 24.8 Å². The second-order valence-corrected chi connectivity index (χ2v) is 6.33. The summed E-state index contributed by atoms with van der Waals surface area (Å²) in [7, 11) is 1.56. The molecule has 1 aromatic heterocycles. The molecule has 1 amide bonds. The van der Waals surface area contributed by atoms with Crippen molar-refractivity contribution in [3.63, 3.8) is 0 Å². The Bertz CT molecular complexity index is 1040. The molecule has 0 fully saturated rings. The topological polar surface area (TPSA) is 81.7 Å². The van der Waals surface area contributed by atoms with Crippen LogP contribution in [0, 0.1) is 0 Å². The van der Waals surface area contributed by atoms with Gasteiger partial charge in [-0.15, -0.1) is 0 Å². The Hall–Kier alpha value is -3.45. The average Bonchev–Trinajstić information content (AvgIpc) is 3.16. The standard InChI is InChI=1S/C20H16ClN3O4/c1-26-17-4-2-12(8-15(17)21)23-14-6-7-22-16(9-14)20(25)24-13-3-5-18-19(10-13)28-11-27-18/h2-10H,11H2,1H3,(H,22,23)(H,24,25). The number of ether oxygens (including phenoxy) is 3. The summed E-state index contributed by atoms with van der Waals surface area (Å²) >= 11 is 6.15. The van der Waals surface area contributed by atoms with E-state index in [0.717, 1.165) is 5.69 Å². The molecule has 28 heavy (non-hydrogen) atoms. The molecule has 0 radical (unpaired) electrons. The van der Waals surface area contributed by atoms with Crippen molar-refractivity contribution in [1.82, 2.24) is 4.98 Å². The normalized spacial score (nSPS) is 11.8. The number of amides is 1. The smallest absolute Gasteiger partial charge is 0.274 e. The molecule has 0 aliphatic carbocycles. The highest BCUT2D eigenvalue weighted by molar-refractivity contribution is 6.32. The van der Waals surface area contributed by atoms with E-state index < -0.39 is 0 Å². The van der Waals surface area contributed by atoms with E-state index in [1.54, 1.807) is 55.8 Å². The van der Waals surface area contributed by atoms with E-state index in [1.165, 1.54) is 0 Å². The van der Waals surface area contributed by atoms with Crippen LogP contribution in [0.3, 0.4) is 0 Å². The van der Waals surface area contributed by atoms with Gasteiger partial charge >= 0.3 is 0 Å². The molecule has 7 nitrogen and oxygen atoms in total. The number of pyridine rings is 1. The van der Waals surface area contributed by atoms with E-state index in [9.17, 15) is 4.79 Å². The highest BCUT2D eigenvalue weighted by atomic mass is 35.5. The molecular weight excluding hydrogens is 382 g/mol. The van der Waals surface area contributed by atoms with Crippen molar-refractivity contribution in [1.29, 1.82) is 0 Å². The Morgan fingerprint density at radius 2 is 1.82 bits per heavy atom. The molecule has 2 aromatic carbocycles. The van der Waals surface area contributed by atoms with Crippen molar-refractivity contribution < 1.29 is 19.0 Å². The summed E-state index contributed by atoms with van der Waals surface area (Å²) in [6, 6.07) is 13.9. The lowest BCUT2D eigenvalue weighted by Gasteiger charge is -2.10. The molecular formula is C20H16ClN3O4. The molecule has 2 N–H and O–H groups in total. The summed E-state index contributed by atoms with van der Waals surface area (Å²) in [6.45, 7) is 0.178. The predicted molar refractivity (Wildman–Crippen MR) is 106 cm³/mol. The minimum absolute atomic E-state index is 0.178. The Balaban J connectivity index is 1.48. The van der Waals surface area contributed by atoms with E-state index in [2.05, 4.69) is 15.6 Å². The predicted octanol–water partition coefficient (Wildman–Crippen LogP) is 4.47. The number of hydrogen-bond donors (Lipinski definition) is 2. The number of benzene rings is 2. The Kier molecular flexibility index (Phi) is 4.90.